The Morgan fingerprint density at radius 3 is 2.41 bits per heavy atom. The van der Waals surface area contributed by atoms with Crippen LogP contribution in [-0.4, -0.2) is 30.3 Å². The number of amides is 1. The molecule has 0 heterocycles. The Morgan fingerprint density at radius 2 is 2.06 bits per heavy atom. The maximum absolute atomic E-state index is 11.6. The van der Waals surface area contributed by atoms with E-state index in [0.29, 0.717) is 6.42 Å². The SMILES string of the molecule is C=CC1C[C@]1(NC(=O)OC(C)(C)C)C(=O)OC. The number of esters is 1. The summed E-state index contributed by atoms with van der Waals surface area (Å²) < 4.78 is 9.79. The van der Waals surface area contributed by atoms with Crippen LogP contribution >= 0.6 is 0 Å². The van der Waals surface area contributed by atoms with Crippen molar-refractivity contribution in [3.05, 3.63) is 12.7 Å². The van der Waals surface area contributed by atoms with Gasteiger partial charge in [0, 0.05) is 5.92 Å². The first-order valence-corrected chi connectivity index (χ1v) is 5.47. The minimum Gasteiger partial charge on any atom is -0.467 e. The highest BCUT2D eigenvalue weighted by Crippen LogP contribution is 2.45. The number of rotatable bonds is 3. The van der Waals surface area contributed by atoms with Crippen LogP contribution in [0.1, 0.15) is 27.2 Å². The molecule has 5 nitrogen and oxygen atoms in total. The van der Waals surface area contributed by atoms with E-state index in [0.717, 1.165) is 0 Å². The number of nitrogens with one attached hydrogen (secondary N) is 1. The van der Waals surface area contributed by atoms with Gasteiger partial charge < -0.3 is 14.8 Å². The molecule has 1 rings (SSSR count). The lowest BCUT2D eigenvalue weighted by Crippen LogP contribution is -2.47. The van der Waals surface area contributed by atoms with Crippen molar-refractivity contribution in [1.82, 2.24) is 5.32 Å². The van der Waals surface area contributed by atoms with Gasteiger partial charge in [-0.3, -0.25) is 0 Å². The Kier molecular flexibility index (Phi) is 3.50. The van der Waals surface area contributed by atoms with Gasteiger partial charge in [0.05, 0.1) is 7.11 Å². The standard InChI is InChI=1S/C12H19NO4/c1-6-8-7-12(8,9(14)16-5)13-10(15)17-11(2,3)4/h6,8H,1,7H2,2-5H3,(H,13,15)/t8?,12-/m1/s1. The van der Waals surface area contributed by atoms with E-state index in [1.54, 1.807) is 26.8 Å². The molecule has 1 unspecified atom stereocenters. The second-order valence-electron chi connectivity index (χ2n) is 5.14. The van der Waals surface area contributed by atoms with Crippen LogP contribution in [0.2, 0.25) is 0 Å². The summed E-state index contributed by atoms with van der Waals surface area (Å²) in [6.45, 7) is 8.89. The zero-order chi connectivity index (χ0) is 13.3. The molecule has 0 saturated heterocycles. The van der Waals surface area contributed by atoms with Gasteiger partial charge in [-0.2, -0.15) is 0 Å². The van der Waals surface area contributed by atoms with Crippen molar-refractivity contribution >= 4 is 12.1 Å². The van der Waals surface area contributed by atoms with Crippen molar-refractivity contribution < 1.29 is 19.1 Å². The van der Waals surface area contributed by atoms with Crippen LogP contribution in [0.4, 0.5) is 4.79 Å². The van der Waals surface area contributed by atoms with E-state index < -0.39 is 23.2 Å². The summed E-state index contributed by atoms with van der Waals surface area (Å²) >= 11 is 0. The molecule has 5 heteroatoms. The lowest BCUT2D eigenvalue weighted by atomic mass is 10.2. The molecule has 1 aliphatic carbocycles. The Morgan fingerprint density at radius 1 is 1.47 bits per heavy atom. The molecule has 0 radical (unpaired) electrons. The maximum atomic E-state index is 11.6. The largest absolute Gasteiger partial charge is 0.467 e. The highest BCUT2D eigenvalue weighted by molar-refractivity contribution is 5.90. The molecule has 1 saturated carbocycles. The Bertz CT molecular complexity index is 345. The lowest BCUT2D eigenvalue weighted by Gasteiger charge is -2.22. The van der Waals surface area contributed by atoms with Crippen LogP contribution < -0.4 is 5.32 Å². The monoisotopic (exact) mass is 241 g/mol. The van der Waals surface area contributed by atoms with Gasteiger partial charge in [-0.15, -0.1) is 6.58 Å². The van der Waals surface area contributed by atoms with Gasteiger partial charge in [0.1, 0.15) is 11.1 Å². The average Bonchev–Trinajstić information content (AvgIpc) is 2.88. The smallest absolute Gasteiger partial charge is 0.408 e. The molecule has 1 fully saturated rings. The summed E-state index contributed by atoms with van der Waals surface area (Å²) in [6, 6.07) is 0. The molecule has 0 aromatic carbocycles. The molecule has 1 amide bonds. The first kappa shape index (κ1) is 13.5. The molecular weight excluding hydrogens is 222 g/mol. The minimum absolute atomic E-state index is 0.0949. The van der Waals surface area contributed by atoms with E-state index in [2.05, 4.69) is 16.6 Å². The molecule has 0 spiro atoms. The van der Waals surface area contributed by atoms with E-state index in [4.69, 9.17) is 4.74 Å². The second-order valence-corrected chi connectivity index (χ2v) is 5.14. The molecule has 96 valence electrons. The fourth-order valence-electron chi connectivity index (χ4n) is 1.67. The molecule has 17 heavy (non-hydrogen) atoms. The predicted molar refractivity (Wildman–Crippen MR) is 62.4 cm³/mol. The van der Waals surface area contributed by atoms with Gasteiger partial charge in [-0.05, 0) is 27.2 Å². The summed E-state index contributed by atoms with van der Waals surface area (Å²) in [6.07, 6.45) is 1.52. The predicted octanol–water partition coefficient (Wildman–Crippen LogP) is 1.63. The number of hydrogen-bond donors (Lipinski definition) is 1. The number of methoxy groups -OCH3 is 1. The number of alkyl carbamates (subject to hydrolysis) is 1. The van der Waals surface area contributed by atoms with Gasteiger partial charge in [0.25, 0.3) is 0 Å². The van der Waals surface area contributed by atoms with E-state index in [9.17, 15) is 9.59 Å². The first-order chi connectivity index (χ1) is 7.75. The third-order valence-electron chi connectivity index (χ3n) is 2.57. The first-order valence-electron chi connectivity index (χ1n) is 5.47. The van der Waals surface area contributed by atoms with E-state index in [1.807, 2.05) is 0 Å². The van der Waals surface area contributed by atoms with Crippen LogP contribution in [0.3, 0.4) is 0 Å². The van der Waals surface area contributed by atoms with Gasteiger partial charge in [-0.1, -0.05) is 6.08 Å². The summed E-state index contributed by atoms with van der Waals surface area (Å²) in [7, 11) is 1.29. The van der Waals surface area contributed by atoms with E-state index in [1.165, 1.54) is 7.11 Å². The van der Waals surface area contributed by atoms with Gasteiger partial charge in [0.2, 0.25) is 0 Å². The van der Waals surface area contributed by atoms with Gasteiger partial charge >= 0.3 is 12.1 Å². The van der Waals surface area contributed by atoms with Crippen molar-refractivity contribution in [2.45, 2.75) is 38.3 Å². The number of carbonyl (C=O) groups excluding carboxylic acids is 2. The van der Waals surface area contributed by atoms with Crippen molar-refractivity contribution in [3.8, 4) is 0 Å². The van der Waals surface area contributed by atoms with Crippen LogP contribution in [0.5, 0.6) is 0 Å². The highest BCUT2D eigenvalue weighted by atomic mass is 16.6. The molecule has 0 aromatic heterocycles. The Hall–Kier alpha value is -1.52. The summed E-state index contributed by atoms with van der Waals surface area (Å²) in [5.41, 5.74) is -1.58. The molecule has 0 aromatic rings. The minimum atomic E-state index is -0.987. The fraction of sp³-hybridized carbons (Fsp3) is 0.667. The average molecular weight is 241 g/mol. The lowest BCUT2D eigenvalue weighted by molar-refractivity contribution is -0.144. The van der Waals surface area contributed by atoms with Crippen LogP contribution in [0.25, 0.3) is 0 Å². The zero-order valence-corrected chi connectivity index (χ0v) is 10.7. The fourth-order valence-corrected chi connectivity index (χ4v) is 1.67. The second kappa shape index (κ2) is 4.39. The van der Waals surface area contributed by atoms with Crippen LogP contribution in [0, 0.1) is 5.92 Å². The molecular formula is C12H19NO4. The molecule has 1 N–H and O–H groups in total. The van der Waals surface area contributed by atoms with Crippen molar-refractivity contribution in [2.24, 2.45) is 5.92 Å². The number of hydrogen-bond acceptors (Lipinski definition) is 4. The number of ether oxygens (including phenoxy) is 2. The van der Waals surface area contributed by atoms with Gasteiger partial charge in [-0.25, -0.2) is 9.59 Å². The summed E-state index contributed by atoms with van der Waals surface area (Å²) in [5, 5.41) is 2.57. The van der Waals surface area contributed by atoms with E-state index in [-0.39, 0.29) is 5.92 Å². The Balaban J connectivity index is 2.68. The molecule has 1 aliphatic rings. The van der Waals surface area contributed by atoms with Crippen molar-refractivity contribution in [3.63, 3.8) is 0 Å². The summed E-state index contributed by atoms with van der Waals surface area (Å²) in [5.74, 6) is -0.560. The van der Waals surface area contributed by atoms with Crippen molar-refractivity contribution in [1.29, 1.82) is 0 Å². The van der Waals surface area contributed by atoms with E-state index >= 15 is 0 Å². The topological polar surface area (TPSA) is 64.6 Å². The maximum Gasteiger partial charge on any atom is 0.408 e. The molecule has 0 aliphatic heterocycles. The number of carbonyl (C=O) groups is 2. The normalized spacial score (nSPS) is 26.9. The zero-order valence-electron chi connectivity index (χ0n) is 10.7. The highest BCUT2D eigenvalue weighted by Gasteiger charge is 2.61. The van der Waals surface area contributed by atoms with Crippen molar-refractivity contribution in [2.75, 3.05) is 7.11 Å². The third kappa shape index (κ3) is 2.99. The molecule has 0 bridgehead atoms. The summed E-state index contributed by atoms with van der Waals surface area (Å²) in [4.78, 5) is 23.2. The third-order valence-corrected chi connectivity index (χ3v) is 2.57. The van der Waals surface area contributed by atoms with Crippen LogP contribution in [0.15, 0.2) is 12.7 Å². The Labute approximate surface area is 101 Å². The van der Waals surface area contributed by atoms with Gasteiger partial charge in [0.15, 0.2) is 0 Å². The van der Waals surface area contributed by atoms with Crippen LogP contribution in [-0.2, 0) is 14.3 Å². The molecule has 2 atom stereocenters. The quantitative estimate of drug-likeness (QED) is 0.602.